The Balaban J connectivity index is 1.85. The van der Waals surface area contributed by atoms with E-state index >= 15 is 0 Å². The molecule has 5 heteroatoms. The molecule has 0 fully saturated rings. The highest BCUT2D eigenvalue weighted by Gasteiger charge is 2.19. The van der Waals surface area contributed by atoms with Gasteiger partial charge in [0, 0.05) is 40.6 Å². The number of thiazole rings is 1. The monoisotopic (exact) mass is 403 g/mol. The molecule has 0 unspecified atom stereocenters. The number of rotatable bonds is 8. The zero-order chi connectivity index (χ0) is 20.2. The first-order chi connectivity index (χ1) is 14.2. The third kappa shape index (κ3) is 3.91. The Labute approximate surface area is 175 Å². The van der Waals surface area contributed by atoms with E-state index in [1.807, 2.05) is 13.0 Å². The lowest BCUT2D eigenvalue weighted by Gasteiger charge is -2.09. The van der Waals surface area contributed by atoms with Gasteiger partial charge in [-0.2, -0.15) is 0 Å². The van der Waals surface area contributed by atoms with Crippen molar-refractivity contribution in [2.75, 3.05) is 18.5 Å². The quantitative estimate of drug-likeness (QED) is 0.360. The van der Waals surface area contributed by atoms with Gasteiger partial charge in [0.05, 0.1) is 12.3 Å². The third-order valence-corrected chi connectivity index (χ3v) is 5.75. The molecule has 0 atom stereocenters. The topological polar surface area (TPSA) is 39.1 Å². The van der Waals surface area contributed by atoms with E-state index in [9.17, 15) is 0 Å². The van der Waals surface area contributed by atoms with E-state index in [0.717, 1.165) is 23.1 Å². The van der Waals surface area contributed by atoms with Crippen molar-refractivity contribution < 1.29 is 4.74 Å². The van der Waals surface area contributed by atoms with Crippen molar-refractivity contribution in [3.05, 3.63) is 77.8 Å². The van der Waals surface area contributed by atoms with Gasteiger partial charge in [-0.05, 0) is 37.6 Å². The standard InChI is InChI=1S/C24H25N3OS/c1-4-13-25-24-26-21(16-29-24)23-17(3)27(15-18-9-7-6-8-10-18)22-12-11-19(28-5-2)14-20(22)23/h4,6-12,14,16H,1,5,13,15H2,2-3H3,(H,25,26). The van der Waals surface area contributed by atoms with Crippen molar-refractivity contribution in [1.29, 1.82) is 0 Å². The second kappa shape index (κ2) is 8.53. The average Bonchev–Trinajstić information content (AvgIpc) is 3.30. The van der Waals surface area contributed by atoms with Crippen LogP contribution in [0.15, 0.2) is 66.6 Å². The summed E-state index contributed by atoms with van der Waals surface area (Å²) in [6, 6.07) is 16.9. The Hall–Kier alpha value is -3.05. The van der Waals surface area contributed by atoms with Crippen molar-refractivity contribution >= 4 is 27.4 Å². The molecular formula is C24H25N3OS. The molecular weight excluding hydrogens is 378 g/mol. The fourth-order valence-corrected chi connectivity index (χ4v) is 4.35. The summed E-state index contributed by atoms with van der Waals surface area (Å²) in [5, 5.41) is 7.48. The predicted octanol–water partition coefficient (Wildman–Crippen LogP) is 6.12. The number of nitrogens with zero attached hydrogens (tertiary/aromatic N) is 2. The first-order valence-corrected chi connectivity index (χ1v) is 10.7. The molecule has 0 radical (unpaired) electrons. The maximum absolute atomic E-state index is 5.78. The first-order valence-electron chi connectivity index (χ1n) is 9.81. The van der Waals surface area contributed by atoms with Crippen molar-refractivity contribution in [2.24, 2.45) is 0 Å². The summed E-state index contributed by atoms with van der Waals surface area (Å²) >= 11 is 1.62. The molecule has 4 aromatic rings. The van der Waals surface area contributed by atoms with Crippen molar-refractivity contribution in [2.45, 2.75) is 20.4 Å². The van der Waals surface area contributed by atoms with Crippen LogP contribution >= 0.6 is 11.3 Å². The fraction of sp³-hybridized carbons (Fsp3) is 0.208. The molecule has 0 aliphatic heterocycles. The van der Waals surface area contributed by atoms with Crippen LogP contribution in [0.25, 0.3) is 22.2 Å². The van der Waals surface area contributed by atoms with Crippen LogP contribution < -0.4 is 10.1 Å². The normalized spacial score (nSPS) is 11.0. The average molecular weight is 404 g/mol. The number of nitrogens with one attached hydrogen (secondary N) is 1. The summed E-state index contributed by atoms with van der Waals surface area (Å²) in [6.45, 7) is 10.1. The molecule has 0 bridgehead atoms. The summed E-state index contributed by atoms with van der Waals surface area (Å²) in [5.41, 5.74) is 5.83. The van der Waals surface area contributed by atoms with Gasteiger partial charge in [-0.15, -0.1) is 17.9 Å². The predicted molar refractivity (Wildman–Crippen MR) is 123 cm³/mol. The van der Waals surface area contributed by atoms with Gasteiger partial charge in [-0.1, -0.05) is 36.4 Å². The van der Waals surface area contributed by atoms with E-state index in [1.165, 1.54) is 27.7 Å². The van der Waals surface area contributed by atoms with E-state index in [4.69, 9.17) is 9.72 Å². The molecule has 2 aromatic heterocycles. The Morgan fingerprint density at radius 3 is 2.79 bits per heavy atom. The molecule has 4 rings (SSSR count). The van der Waals surface area contributed by atoms with Gasteiger partial charge in [-0.3, -0.25) is 0 Å². The summed E-state index contributed by atoms with van der Waals surface area (Å²) in [6.07, 6.45) is 1.84. The van der Waals surface area contributed by atoms with Gasteiger partial charge in [0.25, 0.3) is 0 Å². The van der Waals surface area contributed by atoms with Crippen LogP contribution in [0.2, 0.25) is 0 Å². The smallest absolute Gasteiger partial charge is 0.183 e. The van der Waals surface area contributed by atoms with E-state index in [-0.39, 0.29) is 0 Å². The third-order valence-electron chi connectivity index (χ3n) is 4.95. The molecule has 0 saturated heterocycles. The summed E-state index contributed by atoms with van der Waals surface area (Å²) in [5.74, 6) is 0.887. The Morgan fingerprint density at radius 1 is 1.21 bits per heavy atom. The SMILES string of the molecule is C=CCNc1nc(-c2c(C)n(Cc3ccccc3)c3ccc(OCC)cc23)cs1. The van der Waals surface area contributed by atoms with E-state index in [2.05, 4.69) is 77.3 Å². The highest BCUT2D eigenvalue weighted by molar-refractivity contribution is 7.14. The van der Waals surface area contributed by atoms with Gasteiger partial charge in [0.1, 0.15) is 5.75 Å². The van der Waals surface area contributed by atoms with Crippen LogP contribution in [-0.2, 0) is 6.54 Å². The highest BCUT2D eigenvalue weighted by Crippen LogP contribution is 2.38. The minimum atomic E-state index is 0.650. The maximum Gasteiger partial charge on any atom is 0.183 e. The molecule has 29 heavy (non-hydrogen) atoms. The molecule has 148 valence electrons. The fourth-order valence-electron chi connectivity index (χ4n) is 3.64. The summed E-state index contributed by atoms with van der Waals surface area (Å²) < 4.78 is 8.15. The lowest BCUT2D eigenvalue weighted by Crippen LogP contribution is -2.02. The molecule has 0 aliphatic rings. The Morgan fingerprint density at radius 2 is 2.03 bits per heavy atom. The zero-order valence-corrected chi connectivity index (χ0v) is 17.6. The largest absolute Gasteiger partial charge is 0.494 e. The lowest BCUT2D eigenvalue weighted by atomic mass is 10.1. The van der Waals surface area contributed by atoms with Gasteiger partial charge in [0.15, 0.2) is 5.13 Å². The van der Waals surface area contributed by atoms with E-state index < -0.39 is 0 Å². The molecule has 1 N–H and O–H groups in total. The molecule has 0 saturated carbocycles. The van der Waals surface area contributed by atoms with Crippen LogP contribution in [0.4, 0.5) is 5.13 Å². The number of anilines is 1. The zero-order valence-electron chi connectivity index (χ0n) is 16.8. The van der Waals surface area contributed by atoms with Gasteiger partial charge >= 0.3 is 0 Å². The van der Waals surface area contributed by atoms with Gasteiger partial charge in [0.2, 0.25) is 0 Å². The van der Waals surface area contributed by atoms with Crippen molar-refractivity contribution in [3.63, 3.8) is 0 Å². The minimum Gasteiger partial charge on any atom is -0.494 e. The van der Waals surface area contributed by atoms with Crippen LogP contribution in [0, 0.1) is 6.92 Å². The number of aromatic nitrogens is 2. The Bertz CT molecular complexity index is 1130. The molecule has 0 amide bonds. The first kappa shape index (κ1) is 19.3. The number of hydrogen-bond donors (Lipinski definition) is 1. The van der Waals surface area contributed by atoms with E-state index in [0.29, 0.717) is 13.2 Å². The molecule has 2 aromatic carbocycles. The number of ether oxygens (including phenoxy) is 1. The van der Waals surface area contributed by atoms with Gasteiger partial charge in [-0.25, -0.2) is 4.98 Å². The summed E-state index contributed by atoms with van der Waals surface area (Å²) in [4.78, 5) is 4.83. The number of fused-ring (bicyclic) bond motifs is 1. The van der Waals surface area contributed by atoms with Crippen LogP contribution in [0.5, 0.6) is 5.75 Å². The minimum absolute atomic E-state index is 0.650. The summed E-state index contributed by atoms with van der Waals surface area (Å²) in [7, 11) is 0. The van der Waals surface area contributed by atoms with E-state index in [1.54, 1.807) is 11.3 Å². The lowest BCUT2D eigenvalue weighted by molar-refractivity contribution is 0.340. The van der Waals surface area contributed by atoms with Crippen LogP contribution in [0.3, 0.4) is 0 Å². The van der Waals surface area contributed by atoms with Crippen molar-refractivity contribution in [1.82, 2.24) is 9.55 Å². The highest BCUT2D eigenvalue weighted by atomic mass is 32.1. The maximum atomic E-state index is 5.78. The van der Waals surface area contributed by atoms with Crippen LogP contribution in [0.1, 0.15) is 18.2 Å². The second-order valence-corrected chi connectivity index (χ2v) is 7.71. The molecule has 2 heterocycles. The molecule has 4 nitrogen and oxygen atoms in total. The van der Waals surface area contributed by atoms with Crippen molar-refractivity contribution in [3.8, 4) is 17.0 Å². The second-order valence-electron chi connectivity index (χ2n) is 6.85. The Kier molecular flexibility index (Phi) is 5.67. The molecule has 0 aliphatic carbocycles. The molecule has 0 spiro atoms. The number of benzene rings is 2. The van der Waals surface area contributed by atoms with Gasteiger partial charge < -0.3 is 14.6 Å². The van der Waals surface area contributed by atoms with Crippen LogP contribution in [-0.4, -0.2) is 22.7 Å². The number of hydrogen-bond acceptors (Lipinski definition) is 4.